The number of nitrogens with one attached hydrogen (secondary N) is 1. The van der Waals surface area contributed by atoms with Crippen molar-refractivity contribution in [3.63, 3.8) is 0 Å². The van der Waals surface area contributed by atoms with Crippen molar-refractivity contribution in [1.29, 1.82) is 0 Å². The molecule has 7 nitrogen and oxygen atoms in total. The third kappa shape index (κ3) is 2.44. The molecule has 0 amide bonds. The van der Waals surface area contributed by atoms with Gasteiger partial charge >= 0.3 is 11.8 Å². The lowest BCUT2D eigenvalue weighted by molar-refractivity contribution is 0.144. The van der Waals surface area contributed by atoms with E-state index in [0.29, 0.717) is 5.56 Å². The highest BCUT2D eigenvalue weighted by molar-refractivity contribution is 5.63. The van der Waals surface area contributed by atoms with Crippen LogP contribution in [-0.4, -0.2) is 20.8 Å². The molecule has 2 aromatic rings. The molecular formula is C12H9FN2O5. The molecule has 0 radical (unpaired) electrons. The Hall–Kier alpha value is -2.90. The van der Waals surface area contributed by atoms with E-state index < -0.39 is 23.2 Å². The molecule has 20 heavy (non-hydrogen) atoms. The van der Waals surface area contributed by atoms with Crippen LogP contribution in [-0.2, 0) is 0 Å². The Morgan fingerprint density at radius 1 is 1.40 bits per heavy atom. The number of nitrogens with zero attached hydrogens (tertiary/aromatic N) is 1. The molecule has 1 aromatic heterocycles. The van der Waals surface area contributed by atoms with Gasteiger partial charge in [0, 0.05) is 5.56 Å². The first-order valence-electron chi connectivity index (χ1n) is 5.42. The van der Waals surface area contributed by atoms with Gasteiger partial charge in [-0.15, -0.1) is 0 Å². The number of carbonyl (C=O) groups is 1. The first kappa shape index (κ1) is 13.5. The largest absolute Gasteiger partial charge is 0.511 e. The lowest BCUT2D eigenvalue weighted by atomic mass is 10.2. The van der Waals surface area contributed by atoms with Crippen LogP contribution in [0.3, 0.4) is 0 Å². The van der Waals surface area contributed by atoms with Crippen LogP contribution in [0.1, 0.15) is 5.56 Å². The molecule has 0 spiro atoms. The predicted molar refractivity (Wildman–Crippen MR) is 66.0 cm³/mol. The molecule has 0 saturated carbocycles. The monoisotopic (exact) mass is 280 g/mol. The second-order valence-corrected chi connectivity index (χ2v) is 3.87. The Labute approximate surface area is 110 Å². The Balaban J connectivity index is 2.65. The quantitative estimate of drug-likeness (QED) is 0.632. The molecule has 0 aliphatic heterocycles. The zero-order valence-electron chi connectivity index (χ0n) is 10.2. The standard InChI is InChI=1S/C12H9FN2O5/c1-6-8(3-2-4-9(6)20-12(18)19)15-5-7(13)10(16)14-11(15)17/h2-5H,1H3,(H,18,19)(H,14,16,17). The molecule has 0 saturated heterocycles. The number of hydrogen-bond acceptors (Lipinski definition) is 4. The molecule has 0 bridgehead atoms. The van der Waals surface area contributed by atoms with Crippen LogP contribution in [0.25, 0.3) is 5.69 Å². The lowest BCUT2D eigenvalue weighted by Crippen LogP contribution is -2.30. The van der Waals surface area contributed by atoms with Gasteiger partial charge in [-0.05, 0) is 19.1 Å². The predicted octanol–water partition coefficient (Wildman–Crippen LogP) is 1.03. The van der Waals surface area contributed by atoms with Gasteiger partial charge < -0.3 is 9.84 Å². The zero-order chi connectivity index (χ0) is 14.9. The van der Waals surface area contributed by atoms with Crippen molar-refractivity contribution in [2.45, 2.75) is 6.92 Å². The third-order valence-electron chi connectivity index (χ3n) is 2.61. The smallest absolute Gasteiger partial charge is 0.449 e. The average molecular weight is 280 g/mol. The van der Waals surface area contributed by atoms with E-state index in [1.807, 2.05) is 4.98 Å². The molecule has 8 heteroatoms. The SMILES string of the molecule is Cc1c(OC(=O)O)cccc1-n1cc(F)c(=O)[nH]c1=O. The molecule has 0 fully saturated rings. The average Bonchev–Trinajstić information content (AvgIpc) is 2.36. The maximum Gasteiger partial charge on any atom is 0.511 e. The van der Waals surface area contributed by atoms with Gasteiger partial charge in [0.2, 0.25) is 5.82 Å². The molecule has 0 aliphatic carbocycles. The van der Waals surface area contributed by atoms with E-state index in [1.165, 1.54) is 25.1 Å². The van der Waals surface area contributed by atoms with Crippen molar-refractivity contribution in [3.05, 3.63) is 56.6 Å². The van der Waals surface area contributed by atoms with E-state index in [4.69, 9.17) is 5.11 Å². The number of halogens is 1. The summed E-state index contributed by atoms with van der Waals surface area (Å²) in [5, 5.41) is 8.59. The molecular weight excluding hydrogens is 271 g/mol. The van der Waals surface area contributed by atoms with Crippen molar-refractivity contribution in [1.82, 2.24) is 9.55 Å². The van der Waals surface area contributed by atoms with Gasteiger partial charge in [0.1, 0.15) is 5.75 Å². The molecule has 0 aliphatic rings. The Bertz CT molecular complexity index is 793. The number of benzene rings is 1. The lowest BCUT2D eigenvalue weighted by Gasteiger charge is -2.11. The van der Waals surface area contributed by atoms with Crippen molar-refractivity contribution in [2.75, 3.05) is 0 Å². The highest BCUT2D eigenvalue weighted by Gasteiger charge is 2.12. The molecule has 0 unspecified atom stereocenters. The fourth-order valence-corrected chi connectivity index (χ4v) is 1.70. The highest BCUT2D eigenvalue weighted by atomic mass is 19.1. The maximum absolute atomic E-state index is 13.3. The second kappa shape index (κ2) is 5.00. The van der Waals surface area contributed by atoms with E-state index in [0.717, 1.165) is 10.8 Å². The van der Waals surface area contributed by atoms with Crippen molar-refractivity contribution < 1.29 is 19.0 Å². The van der Waals surface area contributed by atoms with Crippen molar-refractivity contribution in [2.24, 2.45) is 0 Å². The summed E-state index contributed by atoms with van der Waals surface area (Å²) < 4.78 is 18.7. The number of H-pyrrole nitrogens is 1. The summed E-state index contributed by atoms with van der Waals surface area (Å²) in [5.41, 5.74) is -1.46. The van der Waals surface area contributed by atoms with Gasteiger partial charge in [0.05, 0.1) is 11.9 Å². The van der Waals surface area contributed by atoms with Gasteiger partial charge in [0.25, 0.3) is 5.56 Å². The van der Waals surface area contributed by atoms with Gasteiger partial charge in [-0.3, -0.25) is 14.3 Å². The minimum absolute atomic E-state index is 0.00788. The van der Waals surface area contributed by atoms with Crippen LogP contribution in [0.2, 0.25) is 0 Å². The summed E-state index contributed by atoms with van der Waals surface area (Å²) in [6, 6.07) is 4.29. The number of ether oxygens (including phenoxy) is 1. The number of hydrogen-bond donors (Lipinski definition) is 2. The topological polar surface area (TPSA) is 101 Å². The van der Waals surface area contributed by atoms with E-state index in [-0.39, 0.29) is 11.4 Å². The van der Waals surface area contributed by atoms with Gasteiger partial charge in [-0.25, -0.2) is 9.59 Å². The van der Waals surface area contributed by atoms with E-state index >= 15 is 0 Å². The summed E-state index contributed by atoms with van der Waals surface area (Å²) in [5.74, 6) is -1.12. The van der Waals surface area contributed by atoms with Crippen LogP contribution in [0.15, 0.2) is 34.0 Å². The number of aromatic nitrogens is 2. The molecule has 0 atom stereocenters. The Kier molecular flexibility index (Phi) is 3.38. The van der Waals surface area contributed by atoms with Gasteiger partial charge in [0.15, 0.2) is 0 Å². The van der Waals surface area contributed by atoms with Gasteiger partial charge in [-0.2, -0.15) is 4.39 Å². The maximum atomic E-state index is 13.3. The summed E-state index contributed by atoms with van der Waals surface area (Å²) >= 11 is 0. The summed E-state index contributed by atoms with van der Waals surface area (Å²) in [6.45, 7) is 1.50. The summed E-state index contributed by atoms with van der Waals surface area (Å²) in [4.78, 5) is 35.0. The Morgan fingerprint density at radius 3 is 2.75 bits per heavy atom. The van der Waals surface area contributed by atoms with Crippen molar-refractivity contribution in [3.8, 4) is 11.4 Å². The normalized spacial score (nSPS) is 10.3. The first-order chi connectivity index (χ1) is 9.40. The van der Waals surface area contributed by atoms with E-state index in [9.17, 15) is 18.8 Å². The molecule has 1 aromatic carbocycles. The first-order valence-corrected chi connectivity index (χ1v) is 5.42. The molecule has 2 rings (SSSR count). The van der Waals surface area contributed by atoms with Crippen LogP contribution < -0.4 is 16.0 Å². The molecule has 1 heterocycles. The minimum atomic E-state index is -1.51. The second-order valence-electron chi connectivity index (χ2n) is 3.87. The Morgan fingerprint density at radius 2 is 2.10 bits per heavy atom. The molecule has 2 N–H and O–H groups in total. The van der Waals surface area contributed by atoms with Gasteiger partial charge in [-0.1, -0.05) is 6.07 Å². The van der Waals surface area contributed by atoms with Crippen LogP contribution in [0, 0.1) is 12.7 Å². The zero-order valence-corrected chi connectivity index (χ0v) is 10.2. The fourth-order valence-electron chi connectivity index (χ4n) is 1.70. The number of rotatable bonds is 2. The molecule has 104 valence electrons. The highest BCUT2D eigenvalue weighted by Crippen LogP contribution is 2.23. The fraction of sp³-hybridized carbons (Fsp3) is 0.0833. The van der Waals surface area contributed by atoms with E-state index in [2.05, 4.69) is 4.74 Å². The third-order valence-corrected chi connectivity index (χ3v) is 2.61. The minimum Gasteiger partial charge on any atom is -0.449 e. The summed E-state index contributed by atoms with van der Waals surface area (Å²) in [7, 11) is 0. The summed E-state index contributed by atoms with van der Waals surface area (Å²) in [6.07, 6.45) is -0.779. The van der Waals surface area contributed by atoms with Crippen LogP contribution in [0.5, 0.6) is 5.75 Å². The van der Waals surface area contributed by atoms with Crippen LogP contribution in [0.4, 0.5) is 9.18 Å². The van der Waals surface area contributed by atoms with Crippen molar-refractivity contribution >= 4 is 6.16 Å². The number of carboxylic acid groups (broad SMARTS) is 1. The van der Waals surface area contributed by atoms with E-state index in [1.54, 1.807) is 0 Å². The number of aromatic amines is 1. The van der Waals surface area contributed by atoms with Crippen LogP contribution >= 0.6 is 0 Å².